The van der Waals surface area contributed by atoms with E-state index in [0.29, 0.717) is 18.2 Å². The van der Waals surface area contributed by atoms with Gasteiger partial charge in [-0.1, -0.05) is 6.92 Å². The van der Waals surface area contributed by atoms with Crippen LogP contribution < -0.4 is 4.90 Å². The van der Waals surface area contributed by atoms with Crippen LogP contribution in [0.2, 0.25) is 0 Å². The number of nitrogens with zero attached hydrogens (tertiary/aromatic N) is 9. The molecular formula is C25H31N9O. The van der Waals surface area contributed by atoms with Gasteiger partial charge in [-0.25, -0.2) is 19.0 Å². The van der Waals surface area contributed by atoms with Gasteiger partial charge in [-0.15, -0.1) is 5.10 Å². The Morgan fingerprint density at radius 3 is 2.66 bits per heavy atom. The van der Waals surface area contributed by atoms with Gasteiger partial charge in [-0.2, -0.15) is 10.1 Å². The highest BCUT2D eigenvalue weighted by molar-refractivity contribution is 5.91. The number of likely N-dealkylation sites (tertiary alicyclic amines) is 1. The molecule has 4 aromatic heterocycles. The highest BCUT2D eigenvalue weighted by atomic mass is 16.2. The van der Waals surface area contributed by atoms with Crippen molar-refractivity contribution in [3.63, 3.8) is 0 Å². The molecule has 0 unspecified atom stereocenters. The van der Waals surface area contributed by atoms with Gasteiger partial charge in [0.25, 0.3) is 11.7 Å². The summed E-state index contributed by atoms with van der Waals surface area (Å²) in [6, 6.07) is 3.84. The first kappa shape index (κ1) is 21.9. The fraction of sp³-hybridized carbons (Fsp3) is 0.520. The van der Waals surface area contributed by atoms with Crippen LogP contribution in [-0.4, -0.2) is 64.6 Å². The largest absolute Gasteiger partial charge is 0.356 e. The molecule has 0 spiro atoms. The number of hydrogen-bond acceptors (Lipinski definition) is 7. The van der Waals surface area contributed by atoms with Gasteiger partial charge in [0.1, 0.15) is 5.82 Å². The standard InChI is InChI=1S/C25H31N9O/c1-15-8-10-31(13-15)23-16(2)14-33-21(27-23)12-19(29-33)20-7-5-6-9-32(20)24(35)22-28-25-26-17(3)11-18(4)34(25)30-22/h11-12,14-15,20H,5-10,13H2,1-4H3/t15-,20-/m0/s1. The Kier molecular flexibility index (Phi) is 5.19. The molecule has 0 aromatic carbocycles. The fourth-order valence-electron chi connectivity index (χ4n) is 5.50. The summed E-state index contributed by atoms with van der Waals surface area (Å²) in [6.07, 6.45) is 6.11. The Morgan fingerprint density at radius 1 is 1.00 bits per heavy atom. The summed E-state index contributed by atoms with van der Waals surface area (Å²) in [5.41, 5.74) is 4.56. The number of aryl methyl sites for hydroxylation is 3. The lowest BCUT2D eigenvalue weighted by atomic mass is 9.99. The van der Waals surface area contributed by atoms with Crippen molar-refractivity contribution in [3.05, 3.63) is 46.8 Å². The van der Waals surface area contributed by atoms with E-state index >= 15 is 0 Å². The summed E-state index contributed by atoms with van der Waals surface area (Å²) in [7, 11) is 0. The van der Waals surface area contributed by atoms with Crippen LogP contribution in [0.5, 0.6) is 0 Å². The molecular weight excluding hydrogens is 442 g/mol. The number of anilines is 1. The molecule has 0 radical (unpaired) electrons. The average molecular weight is 474 g/mol. The van der Waals surface area contributed by atoms with E-state index < -0.39 is 0 Å². The molecule has 182 valence electrons. The monoisotopic (exact) mass is 473 g/mol. The number of piperidine rings is 1. The van der Waals surface area contributed by atoms with Gasteiger partial charge in [0, 0.05) is 48.8 Å². The molecule has 1 amide bonds. The number of fused-ring (bicyclic) bond motifs is 2. The Labute approximate surface area is 204 Å². The molecule has 2 aliphatic heterocycles. The topological polar surface area (TPSA) is 96.8 Å². The summed E-state index contributed by atoms with van der Waals surface area (Å²) in [6.45, 7) is 11.0. The van der Waals surface area contributed by atoms with Gasteiger partial charge in [-0.05, 0) is 58.4 Å². The molecule has 10 nitrogen and oxygen atoms in total. The third kappa shape index (κ3) is 3.81. The molecule has 0 aliphatic carbocycles. The molecule has 10 heteroatoms. The SMILES string of the molecule is Cc1cc(C)n2nc(C(=O)N3CCCC[C@H]3c3cc4nc(N5CC[C@H](C)C5)c(C)cn4n3)nc2n1. The Hall–Kier alpha value is -3.56. The molecule has 2 atom stereocenters. The van der Waals surface area contributed by atoms with Gasteiger partial charge >= 0.3 is 0 Å². The van der Waals surface area contributed by atoms with Crippen molar-refractivity contribution in [2.45, 2.75) is 59.4 Å². The lowest BCUT2D eigenvalue weighted by Crippen LogP contribution is -2.39. The minimum Gasteiger partial charge on any atom is -0.356 e. The summed E-state index contributed by atoms with van der Waals surface area (Å²) in [5.74, 6) is 2.19. The van der Waals surface area contributed by atoms with Gasteiger partial charge in [0.2, 0.25) is 5.82 Å². The number of aromatic nitrogens is 7. The fourth-order valence-corrected chi connectivity index (χ4v) is 5.50. The lowest BCUT2D eigenvalue weighted by molar-refractivity contribution is 0.0593. The van der Waals surface area contributed by atoms with Crippen LogP contribution in [0.4, 0.5) is 5.82 Å². The summed E-state index contributed by atoms with van der Waals surface area (Å²) < 4.78 is 3.49. The van der Waals surface area contributed by atoms with Crippen molar-refractivity contribution >= 4 is 23.1 Å². The van der Waals surface area contributed by atoms with E-state index in [-0.39, 0.29) is 17.8 Å². The van der Waals surface area contributed by atoms with E-state index in [1.165, 1.54) is 6.42 Å². The van der Waals surface area contributed by atoms with Crippen LogP contribution in [-0.2, 0) is 0 Å². The molecule has 2 saturated heterocycles. The van der Waals surface area contributed by atoms with Crippen molar-refractivity contribution < 1.29 is 4.79 Å². The molecule has 6 rings (SSSR count). The van der Waals surface area contributed by atoms with E-state index in [2.05, 4.69) is 40.0 Å². The van der Waals surface area contributed by atoms with Crippen molar-refractivity contribution in [1.82, 2.24) is 39.1 Å². The van der Waals surface area contributed by atoms with Crippen molar-refractivity contribution in [2.24, 2.45) is 5.92 Å². The predicted octanol–water partition coefficient (Wildman–Crippen LogP) is 3.31. The summed E-state index contributed by atoms with van der Waals surface area (Å²) in [4.78, 5) is 31.7. The highest BCUT2D eigenvalue weighted by Crippen LogP contribution is 2.32. The number of hydrogen-bond donors (Lipinski definition) is 0. The first-order valence-electron chi connectivity index (χ1n) is 12.5. The maximum absolute atomic E-state index is 13.6. The second-order valence-corrected chi connectivity index (χ2v) is 10.2. The molecule has 4 aromatic rings. The average Bonchev–Trinajstić information content (AvgIpc) is 3.56. The molecule has 2 fully saturated rings. The number of rotatable bonds is 3. The van der Waals surface area contributed by atoms with E-state index in [0.717, 1.165) is 66.5 Å². The normalized spacial score (nSPS) is 20.9. The quantitative estimate of drug-likeness (QED) is 0.450. The number of carbonyl (C=O) groups excluding carboxylic acids is 1. The van der Waals surface area contributed by atoms with Gasteiger partial charge in [-0.3, -0.25) is 4.79 Å². The first-order valence-corrected chi connectivity index (χ1v) is 12.5. The number of carbonyl (C=O) groups is 1. The van der Waals surface area contributed by atoms with Crippen molar-refractivity contribution in [1.29, 1.82) is 0 Å². The summed E-state index contributed by atoms with van der Waals surface area (Å²) in [5, 5.41) is 9.34. The van der Waals surface area contributed by atoms with Crippen LogP contribution in [0.15, 0.2) is 18.3 Å². The van der Waals surface area contributed by atoms with Crippen LogP contribution in [0.3, 0.4) is 0 Å². The number of amides is 1. The maximum atomic E-state index is 13.6. The smallest absolute Gasteiger partial charge is 0.294 e. The molecule has 0 saturated carbocycles. The minimum atomic E-state index is -0.176. The first-order chi connectivity index (χ1) is 16.9. The van der Waals surface area contributed by atoms with E-state index in [1.54, 1.807) is 4.52 Å². The molecule has 0 N–H and O–H groups in total. The zero-order chi connectivity index (χ0) is 24.3. The van der Waals surface area contributed by atoms with Crippen molar-refractivity contribution in [2.75, 3.05) is 24.5 Å². The summed E-state index contributed by atoms with van der Waals surface area (Å²) >= 11 is 0. The van der Waals surface area contributed by atoms with Crippen LogP contribution in [0.1, 0.15) is 71.9 Å². The Bertz CT molecular complexity index is 1440. The minimum absolute atomic E-state index is 0.129. The van der Waals surface area contributed by atoms with Crippen LogP contribution >= 0.6 is 0 Å². The molecule has 35 heavy (non-hydrogen) atoms. The van der Waals surface area contributed by atoms with E-state index in [1.807, 2.05) is 35.4 Å². The van der Waals surface area contributed by atoms with Gasteiger partial charge in [0.15, 0.2) is 5.65 Å². The second-order valence-electron chi connectivity index (χ2n) is 10.2. The van der Waals surface area contributed by atoms with Gasteiger partial charge < -0.3 is 9.80 Å². The van der Waals surface area contributed by atoms with Crippen LogP contribution in [0.25, 0.3) is 11.4 Å². The zero-order valence-electron chi connectivity index (χ0n) is 20.8. The van der Waals surface area contributed by atoms with Crippen molar-refractivity contribution in [3.8, 4) is 0 Å². The predicted molar refractivity (Wildman–Crippen MR) is 132 cm³/mol. The Balaban J connectivity index is 1.33. The molecule has 0 bridgehead atoms. The highest BCUT2D eigenvalue weighted by Gasteiger charge is 2.33. The molecule has 2 aliphatic rings. The van der Waals surface area contributed by atoms with Gasteiger partial charge in [0.05, 0.1) is 11.7 Å². The third-order valence-electron chi connectivity index (χ3n) is 7.26. The van der Waals surface area contributed by atoms with Crippen LogP contribution in [0, 0.1) is 26.7 Å². The van der Waals surface area contributed by atoms with E-state index in [9.17, 15) is 4.79 Å². The van der Waals surface area contributed by atoms with E-state index in [4.69, 9.17) is 10.1 Å². The zero-order valence-corrected chi connectivity index (χ0v) is 20.8. The Morgan fingerprint density at radius 2 is 1.86 bits per heavy atom. The second kappa shape index (κ2) is 8.28. The third-order valence-corrected chi connectivity index (χ3v) is 7.26. The molecule has 6 heterocycles. The lowest BCUT2D eigenvalue weighted by Gasteiger charge is -2.33. The maximum Gasteiger partial charge on any atom is 0.294 e.